The molecule has 1 aromatic carbocycles. The molecule has 8 heteroatoms. The highest BCUT2D eigenvalue weighted by Gasteiger charge is 2.44. The molecule has 0 aliphatic rings. The summed E-state index contributed by atoms with van der Waals surface area (Å²) in [6, 6.07) is 8.52. The highest BCUT2D eigenvalue weighted by molar-refractivity contribution is 5.99. The van der Waals surface area contributed by atoms with Gasteiger partial charge in [0, 0.05) is 5.69 Å². The van der Waals surface area contributed by atoms with Crippen LogP contribution in [0.5, 0.6) is 0 Å². The largest absolute Gasteiger partial charge is 0.456 e. The minimum absolute atomic E-state index is 0.122. The van der Waals surface area contributed by atoms with Crippen molar-refractivity contribution in [3.05, 3.63) is 58.4 Å². The van der Waals surface area contributed by atoms with Crippen LogP contribution in [0.25, 0.3) is 0 Å². The fourth-order valence-electron chi connectivity index (χ4n) is 2.44. The first-order chi connectivity index (χ1) is 15.5. The van der Waals surface area contributed by atoms with E-state index < -0.39 is 40.5 Å². The van der Waals surface area contributed by atoms with Crippen LogP contribution in [-0.4, -0.2) is 22.5 Å². The van der Waals surface area contributed by atoms with E-state index in [1.54, 1.807) is 30.3 Å². The first-order valence-electron chi connectivity index (χ1n) is 11.3. The number of hydrogen-bond acceptors (Lipinski definition) is 4. The maximum absolute atomic E-state index is 13.6. The molecule has 5 nitrogen and oxygen atoms in total. The van der Waals surface area contributed by atoms with Crippen LogP contribution in [-0.2, 0) is 22.3 Å². The molecule has 0 saturated carbocycles. The van der Waals surface area contributed by atoms with Crippen molar-refractivity contribution in [2.24, 2.45) is 5.92 Å². The number of carbonyl (C=O) groups is 2. The number of nitrogens with one attached hydrogen (secondary N) is 1. The standard InChI is InChI=1S/C19H20F3NO4.C4H10.C3H8/c1-11-13(16(24)27-18(2,3)4)14(19(20,21)22)15(23-11)17(25)26-10-12-8-6-5-7-9-12;1-4(2)3;1-3-2/h5-9,23H,10H2,1-4H3;4H,1-3H3;3H2,1-2H3. The molecular weight excluding hydrogens is 447 g/mol. The minimum Gasteiger partial charge on any atom is -0.456 e. The summed E-state index contributed by atoms with van der Waals surface area (Å²) >= 11 is 0. The third kappa shape index (κ3) is 11.4. The zero-order valence-electron chi connectivity index (χ0n) is 21.6. The first-order valence-corrected chi connectivity index (χ1v) is 11.3. The Labute approximate surface area is 201 Å². The van der Waals surface area contributed by atoms with E-state index >= 15 is 0 Å². The monoisotopic (exact) mass is 485 g/mol. The average Bonchev–Trinajstić information content (AvgIpc) is 3.04. The lowest BCUT2D eigenvalue weighted by molar-refractivity contribution is -0.138. The number of carbonyl (C=O) groups excluding carboxylic acids is 2. The topological polar surface area (TPSA) is 68.4 Å². The van der Waals surface area contributed by atoms with Crippen LogP contribution in [0.4, 0.5) is 13.2 Å². The number of aryl methyl sites for hydroxylation is 1. The lowest BCUT2D eigenvalue weighted by Gasteiger charge is -2.20. The van der Waals surface area contributed by atoms with E-state index in [4.69, 9.17) is 9.47 Å². The molecule has 0 atom stereocenters. The molecule has 0 aliphatic heterocycles. The number of hydrogen-bond donors (Lipinski definition) is 1. The van der Waals surface area contributed by atoms with Crippen LogP contribution in [0.3, 0.4) is 0 Å². The van der Waals surface area contributed by atoms with E-state index in [2.05, 4.69) is 39.6 Å². The molecule has 0 bridgehead atoms. The molecule has 34 heavy (non-hydrogen) atoms. The van der Waals surface area contributed by atoms with Crippen molar-refractivity contribution in [3.8, 4) is 0 Å². The molecule has 0 saturated heterocycles. The highest BCUT2D eigenvalue weighted by atomic mass is 19.4. The third-order valence-electron chi connectivity index (χ3n) is 3.49. The molecule has 192 valence electrons. The molecule has 0 unspecified atom stereocenters. The third-order valence-corrected chi connectivity index (χ3v) is 3.49. The van der Waals surface area contributed by atoms with Crippen molar-refractivity contribution in [2.75, 3.05) is 0 Å². The van der Waals surface area contributed by atoms with Crippen molar-refractivity contribution in [2.45, 2.75) is 87.1 Å². The molecular formula is C26H38F3NO4. The van der Waals surface area contributed by atoms with Gasteiger partial charge in [-0.25, -0.2) is 9.59 Å². The van der Waals surface area contributed by atoms with Gasteiger partial charge < -0.3 is 14.5 Å². The Morgan fingerprint density at radius 2 is 1.44 bits per heavy atom. The van der Waals surface area contributed by atoms with Gasteiger partial charge >= 0.3 is 18.1 Å². The van der Waals surface area contributed by atoms with Gasteiger partial charge in [-0.2, -0.15) is 13.2 Å². The number of halogens is 3. The van der Waals surface area contributed by atoms with Crippen molar-refractivity contribution in [1.82, 2.24) is 4.98 Å². The van der Waals surface area contributed by atoms with Gasteiger partial charge in [-0.3, -0.25) is 0 Å². The van der Waals surface area contributed by atoms with Gasteiger partial charge in [0.05, 0.1) is 5.56 Å². The number of aromatic nitrogens is 1. The highest BCUT2D eigenvalue weighted by Crippen LogP contribution is 2.37. The SMILES string of the molecule is CC(C)C.CCC.Cc1[nH]c(C(=O)OCc2ccccc2)c(C(F)(F)F)c1C(=O)OC(C)(C)C. The summed E-state index contributed by atoms with van der Waals surface area (Å²) < 4.78 is 50.8. The number of esters is 2. The summed E-state index contributed by atoms with van der Waals surface area (Å²) in [6.45, 7) is 16.4. The Hall–Kier alpha value is -2.77. The van der Waals surface area contributed by atoms with Gasteiger partial charge in [-0.15, -0.1) is 0 Å². The summed E-state index contributed by atoms with van der Waals surface area (Å²) in [7, 11) is 0. The summed E-state index contributed by atoms with van der Waals surface area (Å²) in [4.78, 5) is 26.9. The minimum atomic E-state index is -4.95. The van der Waals surface area contributed by atoms with E-state index in [9.17, 15) is 22.8 Å². The maximum atomic E-state index is 13.6. The predicted molar refractivity (Wildman–Crippen MR) is 128 cm³/mol. The van der Waals surface area contributed by atoms with Gasteiger partial charge in [0.15, 0.2) is 0 Å². The second kappa shape index (κ2) is 13.8. The van der Waals surface area contributed by atoms with E-state index in [-0.39, 0.29) is 12.3 Å². The van der Waals surface area contributed by atoms with E-state index in [0.717, 1.165) is 5.92 Å². The Bertz CT molecular complexity index is 892. The second-order valence-corrected chi connectivity index (χ2v) is 9.38. The van der Waals surface area contributed by atoms with Gasteiger partial charge in [0.25, 0.3) is 0 Å². The summed E-state index contributed by atoms with van der Waals surface area (Å²) in [5.74, 6) is -1.53. The van der Waals surface area contributed by atoms with Gasteiger partial charge in [-0.1, -0.05) is 71.4 Å². The quantitative estimate of drug-likeness (QED) is 0.450. The summed E-state index contributed by atoms with van der Waals surface area (Å²) in [5.41, 5.74) is -3.41. The molecule has 2 rings (SSSR count). The molecule has 1 aromatic heterocycles. The Balaban J connectivity index is 0.00000137. The first kappa shape index (κ1) is 31.2. The van der Waals surface area contributed by atoms with Crippen LogP contribution in [0.1, 0.15) is 99.5 Å². The fraction of sp³-hybridized carbons (Fsp3) is 0.538. The van der Waals surface area contributed by atoms with Crippen molar-refractivity contribution in [1.29, 1.82) is 0 Å². The molecule has 0 fully saturated rings. The zero-order chi connectivity index (χ0) is 26.7. The fourth-order valence-corrected chi connectivity index (χ4v) is 2.44. The molecule has 1 N–H and O–H groups in total. The number of rotatable bonds is 4. The molecule has 1 heterocycles. The number of aromatic amines is 1. The normalized spacial score (nSPS) is 11.1. The summed E-state index contributed by atoms with van der Waals surface area (Å²) in [5, 5.41) is 0. The van der Waals surface area contributed by atoms with E-state index in [1.807, 2.05) is 0 Å². The number of ether oxygens (including phenoxy) is 2. The number of H-pyrrole nitrogens is 1. The van der Waals surface area contributed by atoms with Gasteiger partial charge in [0.1, 0.15) is 23.5 Å². The van der Waals surface area contributed by atoms with Crippen molar-refractivity contribution in [3.63, 3.8) is 0 Å². The molecule has 0 spiro atoms. The van der Waals surface area contributed by atoms with Crippen LogP contribution in [0.2, 0.25) is 0 Å². The Morgan fingerprint density at radius 1 is 0.971 bits per heavy atom. The smallest absolute Gasteiger partial charge is 0.419 e. The van der Waals surface area contributed by atoms with Gasteiger partial charge in [-0.05, 0) is 39.2 Å². The zero-order valence-corrected chi connectivity index (χ0v) is 21.6. The number of benzene rings is 1. The van der Waals surface area contributed by atoms with Crippen molar-refractivity contribution < 1.29 is 32.2 Å². The second-order valence-electron chi connectivity index (χ2n) is 9.38. The number of alkyl halides is 3. The molecule has 0 radical (unpaired) electrons. The van der Waals surface area contributed by atoms with Crippen LogP contribution in [0.15, 0.2) is 30.3 Å². The predicted octanol–water partition coefficient (Wildman–Crippen LogP) is 7.73. The lowest BCUT2D eigenvalue weighted by Crippen LogP contribution is -2.26. The molecule has 0 aliphatic carbocycles. The summed E-state index contributed by atoms with van der Waals surface area (Å²) in [6.07, 6.45) is -3.70. The van der Waals surface area contributed by atoms with Gasteiger partial charge in [0.2, 0.25) is 0 Å². The Kier molecular flexibility index (Phi) is 12.7. The van der Waals surface area contributed by atoms with E-state index in [1.165, 1.54) is 34.1 Å². The maximum Gasteiger partial charge on any atom is 0.419 e. The van der Waals surface area contributed by atoms with E-state index in [0.29, 0.717) is 5.56 Å². The van der Waals surface area contributed by atoms with Crippen LogP contribution in [0, 0.1) is 12.8 Å². The van der Waals surface area contributed by atoms with Crippen LogP contribution >= 0.6 is 0 Å². The molecule has 2 aromatic rings. The molecule has 0 amide bonds. The Morgan fingerprint density at radius 3 is 1.85 bits per heavy atom. The average molecular weight is 486 g/mol. The van der Waals surface area contributed by atoms with Crippen LogP contribution < -0.4 is 0 Å². The van der Waals surface area contributed by atoms with Crippen molar-refractivity contribution >= 4 is 11.9 Å². The lowest BCUT2D eigenvalue weighted by atomic mass is 10.1.